The summed E-state index contributed by atoms with van der Waals surface area (Å²) >= 11 is 0. The SMILES string of the molecule is Cc1cc(C)c(CC#N)c(C)c1N. The van der Waals surface area contributed by atoms with Crippen molar-refractivity contribution in [2.45, 2.75) is 27.2 Å². The maximum absolute atomic E-state index is 8.64. The van der Waals surface area contributed by atoms with Gasteiger partial charge in [-0.15, -0.1) is 0 Å². The number of nitriles is 1. The Hall–Kier alpha value is -1.49. The zero-order chi connectivity index (χ0) is 10.0. The van der Waals surface area contributed by atoms with Gasteiger partial charge in [-0.05, 0) is 43.0 Å². The first-order valence-electron chi connectivity index (χ1n) is 4.30. The van der Waals surface area contributed by atoms with Crippen LogP contribution < -0.4 is 5.73 Å². The van der Waals surface area contributed by atoms with Crippen molar-refractivity contribution in [2.75, 3.05) is 5.73 Å². The standard InChI is InChI=1S/C11H14N2/c1-7-6-8(2)11(13)9(3)10(7)4-5-12/h6H,4,13H2,1-3H3. The summed E-state index contributed by atoms with van der Waals surface area (Å²) in [7, 11) is 0. The topological polar surface area (TPSA) is 49.8 Å². The molecule has 0 aliphatic rings. The van der Waals surface area contributed by atoms with Gasteiger partial charge < -0.3 is 5.73 Å². The molecule has 0 bridgehead atoms. The van der Waals surface area contributed by atoms with Crippen LogP contribution in [-0.4, -0.2) is 0 Å². The molecule has 1 rings (SSSR count). The zero-order valence-electron chi connectivity index (χ0n) is 8.31. The van der Waals surface area contributed by atoms with Gasteiger partial charge in [-0.25, -0.2) is 0 Å². The molecule has 2 nitrogen and oxygen atoms in total. The lowest BCUT2D eigenvalue weighted by molar-refractivity contribution is 1.16. The number of rotatable bonds is 1. The molecule has 0 aliphatic carbocycles. The van der Waals surface area contributed by atoms with E-state index in [0.29, 0.717) is 6.42 Å². The Kier molecular flexibility index (Phi) is 2.57. The number of nitrogen functional groups attached to an aromatic ring is 1. The van der Waals surface area contributed by atoms with E-state index in [4.69, 9.17) is 11.0 Å². The second-order valence-electron chi connectivity index (χ2n) is 3.36. The minimum Gasteiger partial charge on any atom is -0.398 e. The van der Waals surface area contributed by atoms with Crippen LogP contribution in [0.15, 0.2) is 6.07 Å². The third-order valence-corrected chi connectivity index (χ3v) is 2.45. The van der Waals surface area contributed by atoms with Gasteiger partial charge >= 0.3 is 0 Å². The highest BCUT2D eigenvalue weighted by Gasteiger charge is 2.07. The predicted octanol–water partition coefficient (Wildman–Crippen LogP) is 2.26. The highest BCUT2D eigenvalue weighted by atomic mass is 14.6. The van der Waals surface area contributed by atoms with Crippen LogP contribution in [0, 0.1) is 32.1 Å². The third kappa shape index (κ3) is 1.65. The molecule has 0 unspecified atom stereocenters. The molecular formula is C11H14N2. The summed E-state index contributed by atoms with van der Waals surface area (Å²) in [5.41, 5.74) is 11.1. The molecule has 0 saturated carbocycles. The van der Waals surface area contributed by atoms with E-state index in [0.717, 1.165) is 27.9 Å². The predicted molar refractivity (Wildman–Crippen MR) is 54.4 cm³/mol. The van der Waals surface area contributed by atoms with E-state index >= 15 is 0 Å². The lowest BCUT2D eigenvalue weighted by atomic mass is 9.96. The molecule has 0 aliphatic heterocycles. The Morgan fingerprint density at radius 3 is 2.46 bits per heavy atom. The van der Waals surface area contributed by atoms with Gasteiger partial charge in [-0.3, -0.25) is 0 Å². The number of nitrogens with two attached hydrogens (primary N) is 1. The minimum atomic E-state index is 0.447. The molecule has 2 heteroatoms. The van der Waals surface area contributed by atoms with Crippen LogP contribution in [0.5, 0.6) is 0 Å². The Morgan fingerprint density at radius 1 is 1.31 bits per heavy atom. The van der Waals surface area contributed by atoms with Crippen LogP contribution in [0.3, 0.4) is 0 Å². The molecule has 1 aromatic rings. The van der Waals surface area contributed by atoms with Crippen LogP contribution in [0.25, 0.3) is 0 Å². The Bertz CT molecular complexity index is 373. The first-order valence-corrected chi connectivity index (χ1v) is 4.30. The maximum atomic E-state index is 8.64. The van der Waals surface area contributed by atoms with Crippen molar-refractivity contribution < 1.29 is 0 Å². The molecule has 0 spiro atoms. The van der Waals surface area contributed by atoms with Gasteiger partial charge in [0.25, 0.3) is 0 Å². The second-order valence-corrected chi connectivity index (χ2v) is 3.36. The zero-order valence-corrected chi connectivity index (χ0v) is 8.31. The van der Waals surface area contributed by atoms with Gasteiger partial charge in [0, 0.05) is 5.69 Å². The normalized spacial score (nSPS) is 9.69. The van der Waals surface area contributed by atoms with E-state index in [1.54, 1.807) is 0 Å². The van der Waals surface area contributed by atoms with Crippen molar-refractivity contribution in [3.8, 4) is 6.07 Å². The monoisotopic (exact) mass is 174 g/mol. The molecule has 1 aromatic carbocycles. The number of aryl methyl sites for hydroxylation is 2. The van der Waals surface area contributed by atoms with E-state index in [1.807, 2.05) is 26.8 Å². The molecular weight excluding hydrogens is 160 g/mol. The molecule has 0 fully saturated rings. The number of benzene rings is 1. The molecule has 0 heterocycles. The molecule has 0 atom stereocenters. The fraction of sp³-hybridized carbons (Fsp3) is 0.364. The summed E-state index contributed by atoms with van der Waals surface area (Å²) in [5.74, 6) is 0. The Balaban J connectivity index is 3.36. The molecule has 0 aromatic heterocycles. The number of nitrogens with zero attached hydrogens (tertiary/aromatic N) is 1. The van der Waals surface area contributed by atoms with E-state index < -0.39 is 0 Å². The number of hydrogen-bond acceptors (Lipinski definition) is 2. The number of hydrogen-bond donors (Lipinski definition) is 1. The molecule has 0 saturated heterocycles. The van der Waals surface area contributed by atoms with Crippen molar-refractivity contribution in [2.24, 2.45) is 0 Å². The average Bonchev–Trinajstić information content (AvgIpc) is 2.09. The van der Waals surface area contributed by atoms with Crippen LogP contribution >= 0.6 is 0 Å². The molecule has 2 N–H and O–H groups in total. The van der Waals surface area contributed by atoms with Crippen LogP contribution in [-0.2, 0) is 6.42 Å². The van der Waals surface area contributed by atoms with Crippen molar-refractivity contribution in [1.82, 2.24) is 0 Å². The molecule has 0 amide bonds. The first kappa shape index (κ1) is 9.60. The fourth-order valence-corrected chi connectivity index (χ4v) is 1.59. The van der Waals surface area contributed by atoms with Gasteiger partial charge in [0.05, 0.1) is 12.5 Å². The molecule has 68 valence electrons. The molecule has 0 radical (unpaired) electrons. The van der Waals surface area contributed by atoms with Gasteiger partial charge in [0.2, 0.25) is 0 Å². The van der Waals surface area contributed by atoms with E-state index in [1.165, 1.54) is 0 Å². The van der Waals surface area contributed by atoms with Crippen molar-refractivity contribution in [3.63, 3.8) is 0 Å². The summed E-state index contributed by atoms with van der Waals surface area (Å²) in [6, 6.07) is 4.19. The van der Waals surface area contributed by atoms with Crippen LogP contribution in [0.2, 0.25) is 0 Å². The van der Waals surface area contributed by atoms with Gasteiger partial charge in [0.1, 0.15) is 0 Å². The van der Waals surface area contributed by atoms with E-state index in [-0.39, 0.29) is 0 Å². The van der Waals surface area contributed by atoms with Crippen molar-refractivity contribution in [3.05, 3.63) is 28.3 Å². The third-order valence-electron chi connectivity index (χ3n) is 2.45. The van der Waals surface area contributed by atoms with Gasteiger partial charge in [0.15, 0.2) is 0 Å². The highest BCUT2D eigenvalue weighted by Crippen LogP contribution is 2.24. The van der Waals surface area contributed by atoms with E-state index in [2.05, 4.69) is 6.07 Å². The van der Waals surface area contributed by atoms with Gasteiger partial charge in [-0.1, -0.05) is 6.07 Å². The average molecular weight is 174 g/mol. The van der Waals surface area contributed by atoms with E-state index in [9.17, 15) is 0 Å². The second kappa shape index (κ2) is 3.49. The number of anilines is 1. The highest BCUT2D eigenvalue weighted by molar-refractivity contribution is 5.58. The quantitative estimate of drug-likeness (QED) is 0.664. The summed E-state index contributed by atoms with van der Waals surface area (Å²) in [5, 5.41) is 8.64. The van der Waals surface area contributed by atoms with Gasteiger partial charge in [-0.2, -0.15) is 5.26 Å². The summed E-state index contributed by atoms with van der Waals surface area (Å²) in [6.45, 7) is 5.99. The summed E-state index contributed by atoms with van der Waals surface area (Å²) in [4.78, 5) is 0. The van der Waals surface area contributed by atoms with Crippen molar-refractivity contribution in [1.29, 1.82) is 5.26 Å². The molecule has 13 heavy (non-hydrogen) atoms. The fourth-order valence-electron chi connectivity index (χ4n) is 1.59. The maximum Gasteiger partial charge on any atom is 0.0669 e. The smallest absolute Gasteiger partial charge is 0.0669 e. The largest absolute Gasteiger partial charge is 0.398 e. The van der Waals surface area contributed by atoms with Crippen LogP contribution in [0.1, 0.15) is 22.3 Å². The lowest BCUT2D eigenvalue weighted by Crippen LogP contribution is -2.00. The van der Waals surface area contributed by atoms with Crippen molar-refractivity contribution >= 4 is 5.69 Å². The summed E-state index contributed by atoms with van der Waals surface area (Å²) < 4.78 is 0. The minimum absolute atomic E-state index is 0.447. The Morgan fingerprint density at radius 2 is 1.92 bits per heavy atom. The first-order chi connectivity index (χ1) is 6.07. The van der Waals surface area contributed by atoms with Crippen LogP contribution in [0.4, 0.5) is 5.69 Å². The lowest BCUT2D eigenvalue weighted by Gasteiger charge is -2.11. The summed E-state index contributed by atoms with van der Waals surface area (Å²) in [6.07, 6.45) is 0.447. The Labute approximate surface area is 79.0 Å².